The van der Waals surface area contributed by atoms with Gasteiger partial charge in [0, 0.05) is 18.8 Å². The number of rotatable bonds is 2. The highest BCUT2D eigenvalue weighted by Crippen LogP contribution is 2.25. The summed E-state index contributed by atoms with van der Waals surface area (Å²) in [4.78, 5) is 30.1. The van der Waals surface area contributed by atoms with Gasteiger partial charge in [-0.25, -0.2) is 9.97 Å². The van der Waals surface area contributed by atoms with Crippen LogP contribution in [0.3, 0.4) is 0 Å². The molecular formula is C20H19N5O. The molecule has 3 heterocycles. The van der Waals surface area contributed by atoms with Crippen LogP contribution < -0.4 is 10.5 Å². The number of hydrogen-bond acceptors (Lipinski definition) is 4. The van der Waals surface area contributed by atoms with Crippen molar-refractivity contribution >= 4 is 27.8 Å². The predicted molar refractivity (Wildman–Crippen MR) is 104 cm³/mol. The molecule has 0 atom stereocenters. The van der Waals surface area contributed by atoms with E-state index < -0.39 is 0 Å². The number of imidazole rings is 1. The Morgan fingerprint density at radius 1 is 0.846 bits per heavy atom. The van der Waals surface area contributed by atoms with Crippen LogP contribution in [0, 0.1) is 0 Å². The number of piperidine rings is 1. The summed E-state index contributed by atoms with van der Waals surface area (Å²) in [5, 5.41) is 0. The smallest absolute Gasteiger partial charge is 0.278 e. The SMILES string of the molecule is O=c1[nH]c2ccccc2nc1-c1nc2ccc(N3CCCCC3)cc2[nH]1. The largest absolute Gasteiger partial charge is 0.371 e. The van der Waals surface area contributed by atoms with Gasteiger partial charge in [0.05, 0.1) is 22.1 Å². The zero-order valence-corrected chi connectivity index (χ0v) is 14.3. The molecule has 6 heteroatoms. The summed E-state index contributed by atoms with van der Waals surface area (Å²) < 4.78 is 0. The summed E-state index contributed by atoms with van der Waals surface area (Å²) in [6.07, 6.45) is 3.79. The average molecular weight is 345 g/mol. The van der Waals surface area contributed by atoms with Crippen molar-refractivity contribution in [2.75, 3.05) is 18.0 Å². The highest BCUT2D eigenvalue weighted by atomic mass is 16.1. The summed E-state index contributed by atoms with van der Waals surface area (Å²) in [5.41, 5.74) is 4.53. The third kappa shape index (κ3) is 2.54. The Kier molecular flexibility index (Phi) is 3.48. The van der Waals surface area contributed by atoms with Crippen molar-refractivity contribution in [3.8, 4) is 11.5 Å². The zero-order valence-electron chi connectivity index (χ0n) is 14.3. The quantitative estimate of drug-likeness (QED) is 0.583. The average Bonchev–Trinajstić information content (AvgIpc) is 3.11. The van der Waals surface area contributed by atoms with E-state index in [0.29, 0.717) is 11.5 Å². The number of nitrogens with one attached hydrogen (secondary N) is 2. The normalized spacial score (nSPS) is 15.0. The van der Waals surface area contributed by atoms with Gasteiger partial charge in [-0.2, -0.15) is 0 Å². The number of aromatic nitrogens is 4. The maximum Gasteiger partial charge on any atom is 0.278 e. The summed E-state index contributed by atoms with van der Waals surface area (Å²) in [5.74, 6) is 0.503. The van der Waals surface area contributed by atoms with E-state index in [1.807, 2.05) is 30.3 Å². The van der Waals surface area contributed by atoms with Crippen molar-refractivity contribution in [1.82, 2.24) is 19.9 Å². The highest BCUT2D eigenvalue weighted by Gasteiger charge is 2.15. The van der Waals surface area contributed by atoms with Gasteiger partial charge in [0.2, 0.25) is 0 Å². The molecule has 2 N–H and O–H groups in total. The van der Waals surface area contributed by atoms with Crippen molar-refractivity contribution < 1.29 is 0 Å². The molecule has 130 valence electrons. The lowest BCUT2D eigenvalue weighted by molar-refractivity contribution is 0.578. The third-order valence-corrected chi connectivity index (χ3v) is 5.01. The van der Waals surface area contributed by atoms with Gasteiger partial charge in [0.15, 0.2) is 11.5 Å². The highest BCUT2D eigenvalue weighted by molar-refractivity contribution is 5.83. The summed E-state index contributed by atoms with van der Waals surface area (Å²) in [7, 11) is 0. The van der Waals surface area contributed by atoms with E-state index in [-0.39, 0.29) is 5.56 Å². The van der Waals surface area contributed by atoms with Crippen LogP contribution in [0.15, 0.2) is 47.3 Å². The van der Waals surface area contributed by atoms with Gasteiger partial charge in [0.1, 0.15) is 0 Å². The van der Waals surface area contributed by atoms with Crippen LogP contribution in [0.4, 0.5) is 5.69 Å². The number of H-pyrrole nitrogens is 2. The number of para-hydroxylation sites is 2. The fraction of sp³-hybridized carbons (Fsp3) is 0.250. The molecule has 26 heavy (non-hydrogen) atoms. The number of aromatic amines is 2. The first-order chi connectivity index (χ1) is 12.8. The second kappa shape index (κ2) is 5.98. The standard InChI is InChI=1S/C20H19N5O/c26-20-18(21-14-6-2-3-7-15(14)24-20)19-22-16-9-8-13(12-17(16)23-19)25-10-4-1-5-11-25/h2-3,6-9,12H,1,4-5,10-11H2,(H,22,23)(H,24,26). The second-order valence-corrected chi connectivity index (χ2v) is 6.77. The first-order valence-corrected chi connectivity index (χ1v) is 9.02. The van der Waals surface area contributed by atoms with Gasteiger partial charge in [-0.3, -0.25) is 4.79 Å². The molecule has 1 saturated heterocycles. The fourth-order valence-electron chi connectivity index (χ4n) is 3.65. The van der Waals surface area contributed by atoms with Crippen LogP contribution in [0.1, 0.15) is 19.3 Å². The van der Waals surface area contributed by atoms with Crippen molar-refractivity contribution in [2.45, 2.75) is 19.3 Å². The van der Waals surface area contributed by atoms with Gasteiger partial charge in [-0.05, 0) is 49.6 Å². The molecule has 0 saturated carbocycles. The molecule has 1 fully saturated rings. The van der Waals surface area contributed by atoms with Crippen LogP contribution in [0.25, 0.3) is 33.6 Å². The van der Waals surface area contributed by atoms with E-state index in [9.17, 15) is 4.79 Å². The monoisotopic (exact) mass is 345 g/mol. The first kappa shape index (κ1) is 15.1. The lowest BCUT2D eigenvalue weighted by atomic mass is 10.1. The Balaban J connectivity index is 1.59. The molecular weight excluding hydrogens is 326 g/mol. The molecule has 4 aromatic rings. The molecule has 1 aliphatic heterocycles. The van der Waals surface area contributed by atoms with Gasteiger partial charge < -0.3 is 14.9 Å². The molecule has 5 rings (SSSR count). The second-order valence-electron chi connectivity index (χ2n) is 6.77. The lowest BCUT2D eigenvalue weighted by Crippen LogP contribution is -2.29. The van der Waals surface area contributed by atoms with E-state index in [1.54, 1.807) is 0 Å². The van der Waals surface area contributed by atoms with E-state index in [4.69, 9.17) is 0 Å². The van der Waals surface area contributed by atoms with Crippen molar-refractivity contribution in [3.05, 3.63) is 52.8 Å². The molecule has 0 amide bonds. The number of nitrogens with zero attached hydrogens (tertiary/aromatic N) is 3. The van der Waals surface area contributed by atoms with E-state index >= 15 is 0 Å². The minimum Gasteiger partial charge on any atom is -0.371 e. The van der Waals surface area contributed by atoms with Crippen LogP contribution >= 0.6 is 0 Å². The minimum atomic E-state index is -0.237. The maximum absolute atomic E-state index is 12.4. The summed E-state index contributed by atoms with van der Waals surface area (Å²) in [6, 6.07) is 13.7. The third-order valence-electron chi connectivity index (χ3n) is 5.01. The van der Waals surface area contributed by atoms with Crippen LogP contribution in [-0.2, 0) is 0 Å². The predicted octanol–water partition coefficient (Wildman–Crippen LogP) is 3.46. The Labute approximate surface area is 149 Å². The van der Waals surface area contributed by atoms with Gasteiger partial charge in [-0.1, -0.05) is 12.1 Å². The number of benzene rings is 2. The molecule has 0 bridgehead atoms. The molecule has 2 aromatic heterocycles. The first-order valence-electron chi connectivity index (χ1n) is 9.02. The van der Waals surface area contributed by atoms with Crippen molar-refractivity contribution in [3.63, 3.8) is 0 Å². The Morgan fingerprint density at radius 3 is 2.54 bits per heavy atom. The zero-order chi connectivity index (χ0) is 17.5. The molecule has 0 unspecified atom stereocenters. The van der Waals surface area contributed by atoms with Crippen molar-refractivity contribution in [1.29, 1.82) is 0 Å². The maximum atomic E-state index is 12.4. The van der Waals surface area contributed by atoms with Crippen LogP contribution in [-0.4, -0.2) is 33.0 Å². The summed E-state index contributed by atoms with van der Waals surface area (Å²) >= 11 is 0. The number of anilines is 1. The molecule has 0 aliphatic carbocycles. The molecule has 1 aliphatic rings. The molecule has 6 nitrogen and oxygen atoms in total. The molecule has 0 spiro atoms. The lowest BCUT2D eigenvalue weighted by Gasteiger charge is -2.28. The van der Waals surface area contributed by atoms with E-state index in [0.717, 1.165) is 35.2 Å². The van der Waals surface area contributed by atoms with E-state index in [1.165, 1.54) is 24.9 Å². The van der Waals surface area contributed by atoms with Gasteiger partial charge in [-0.15, -0.1) is 0 Å². The minimum absolute atomic E-state index is 0.237. The summed E-state index contributed by atoms with van der Waals surface area (Å²) in [6.45, 7) is 2.19. The Morgan fingerprint density at radius 2 is 1.65 bits per heavy atom. The van der Waals surface area contributed by atoms with Gasteiger partial charge >= 0.3 is 0 Å². The van der Waals surface area contributed by atoms with Crippen LogP contribution in [0.5, 0.6) is 0 Å². The van der Waals surface area contributed by atoms with Crippen molar-refractivity contribution in [2.24, 2.45) is 0 Å². The van der Waals surface area contributed by atoms with Crippen LogP contribution in [0.2, 0.25) is 0 Å². The molecule has 2 aromatic carbocycles. The Bertz CT molecular complexity index is 1150. The number of fused-ring (bicyclic) bond motifs is 2. The Hall–Kier alpha value is -3.15. The molecule has 0 radical (unpaired) electrons. The number of hydrogen-bond donors (Lipinski definition) is 2. The van der Waals surface area contributed by atoms with Gasteiger partial charge in [0.25, 0.3) is 5.56 Å². The van der Waals surface area contributed by atoms with E-state index in [2.05, 4.69) is 37.0 Å². The fourth-order valence-corrected chi connectivity index (χ4v) is 3.65. The topological polar surface area (TPSA) is 77.7 Å².